The standard InChI is InChI=1S/C20H20BrN3O4S/c1-2-28-11-5-10-23-19(25)16-12-15(21)8-9-17(16)22-20(23)29-13-14-6-3-4-7-18(14)24(26)27/h3-4,6-9,12H,2,5,10-11,13H2,1H3. The molecule has 0 N–H and O–H groups in total. The van der Waals surface area contributed by atoms with Crippen molar-refractivity contribution in [1.29, 1.82) is 0 Å². The van der Waals surface area contributed by atoms with E-state index in [-0.39, 0.29) is 11.2 Å². The number of hydrogen-bond acceptors (Lipinski definition) is 6. The number of aromatic nitrogens is 2. The third kappa shape index (κ3) is 5.23. The van der Waals surface area contributed by atoms with Crippen LogP contribution in [0.15, 0.2) is 56.9 Å². The zero-order chi connectivity index (χ0) is 20.8. The molecule has 0 saturated carbocycles. The molecule has 0 aliphatic rings. The molecule has 3 rings (SSSR count). The Bertz CT molecular complexity index is 1090. The molecule has 7 nitrogen and oxygen atoms in total. The number of nitro groups is 1. The Balaban J connectivity index is 1.95. The Hall–Kier alpha value is -2.23. The van der Waals surface area contributed by atoms with Gasteiger partial charge in [-0.05, 0) is 31.5 Å². The van der Waals surface area contributed by atoms with Crippen LogP contribution in [0, 0.1) is 10.1 Å². The van der Waals surface area contributed by atoms with Gasteiger partial charge in [-0.3, -0.25) is 19.5 Å². The monoisotopic (exact) mass is 477 g/mol. The molecule has 0 aliphatic heterocycles. The average Bonchev–Trinajstić information content (AvgIpc) is 2.71. The summed E-state index contributed by atoms with van der Waals surface area (Å²) in [6.07, 6.45) is 0.675. The first-order chi connectivity index (χ1) is 14.0. The highest BCUT2D eigenvalue weighted by atomic mass is 79.9. The van der Waals surface area contributed by atoms with Crippen LogP contribution >= 0.6 is 27.7 Å². The van der Waals surface area contributed by atoms with E-state index in [0.29, 0.717) is 53.6 Å². The van der Waals surface area contributed by atoms with Crippen LogP contribution in [0.25, 0.3) is 10.9 Å². The van der Waals surface area contributed by atoms with Gasteiger partial charge in [0.1, 0.15) is 0 Å². The molecule has 0 amide bonds. The maximum absolute atomic E-state index is 13.1. The minimum Gasteiger partial charge on any atom is -0.382 e. The minimum atomic E-state index is -0.392. The fraction of sp³-hybridized carbons (Fsp3) is 0.300. The van der Waals surface area contributed by atoms with E-state index in [1.807, 2.05) is 13.0 Å². The van der Waals surface area contributed by atoms with Crippen molar-refractivity contribution in [2.24, 2.45) is 0 Å². The van der Waals surface area contributed by atoms with Crippen LogP contribution in [-0.2, 0) is 17.0 Å². The summed E-state index contributed by atoms with van der Waals surface area (Å²) in [5, 5.41) is 12.3. The third-order valence-corrected chi connectivity index (χ3v) is 5.82. The van der Waals surface area contributed by atoms with Gasteiger partial charge < -0.3 is 4.74 Å². The van der Waals surface area contributed by atoms with E-state index in [2.05, 4.69) is 20.9 Å². The minimum absolute atomic E-state index is 0.0648. The van der Waals surface area contributed by atoms with Crippen LogP contribution < -0.4 is 5.56 Å². The molecule has 0 aliphatic carbocycles. The number of ether oxygens (including phenoxy) is 1. The summed E-state index contributed by atoms with van der Waals surface area (Å²) >= 11 is 4.72. The molecule has 1 aromatic heterocycles. The van der Waals surface area contributed by atoms with Crippen LogP contribution in [0.4, 0.5) is 5.69 Å². The van der Waals surface area contributed by atoms with Crippen molar-refractivity contribution in [3.63, 3.8) is 0 Å². The van der Waals surface area contributed by atoms with E-state index in [1.54, 1.807) is 34.9 Å². The lowest BCUT2D eigenvalue weighted by Crippen LogP contribution is -2.24. The SMILES string of the molecule is CCOCCCn1c(SCc2ccccc2[N+](=O)[O-])nc2ccc(Br)cc2c1=O. The molecule has 0 radical (unpaired) electrons. The fourth-order valence-corrected chi connectivity index (χ4v) is 4.29. The highest BCUT2D eigenvalue weighted by Crippen LogP contribution is 2.28. The van der Waals surface area contributed by atoms with Crippen LogP contribution in [0.3, 0.4) is 0 Å². The lowest BCUT2D eigenvalue weighted by Gasteiger charge is -2.13. The highest BCUT2D eigenvalue weighted by molar-refractivity contribution is 9.10. The molecule has 0 atom stereocenters. The second-order valence-corrected chi connectivity index (χ2v) is 8.10. The van der Waals surface area contributed by atoms with E-state index in [9.17, 15) is 14.9 Å². The number of para-hydroxylation sites is 1. The van der Waals surface area contributed by atoms with Crippen molar-refractivity contribution in [1.82, 2.24) is 9.55 Å². The molecule has 2 aromatic carbocycles. The molecule has 0 fully saturated rings. The first kappa shape index (κ1) is 21.5. The number of benzene rings is 2. The Morgan fingerprint density at radius 3 is 2.83 bits per heavy atom. The lowest BCUT2D eigenvalue weighted by molar-refractivity contribution is -0.385. The third-order valence-electron chi connectivity index (χ3n) is 4.30. The molecule has 0 bridgehead atoms. The van der Waals surface area contributed by atoms with Gasteiger partial charge in [0.25, 0.3) is 11.2 Å². The normalized spacial score (nSPS) is 11.1. The van der Waals surface area contributed by atoms with Gasteiger partial charge in [0.2, 0.25) is 0 Å². The van der Waals surface area contributed by atoms with Crippen molar-refractivity contribution in [3.05, 3.63) is 73.0 Å². The molecular weight excluding hydrogens is 458 g/mol. The Kier molecular flexibility index (Phi) is 7.40. The van der Waals surface area contributed by atoms with Crippen molar-refractivity contribution < 1.29 is 9.66 Å². The molecular formula is C20H20BrN3O4S. The first-order valence-corrected chi connectivity index (χ1v) is 10.9. The largest absolute Gasteiger partial charge is 0.382 e. The summed E-state index contributed by atoms with van der Waals surface area (Å²) in [5.41, 5.74) is 1.13. The van der Waals surface area contributed by atoms with Crippen molar-refractivity contribution in [2.45, 2.75) is 30.8 Å². The molecule has 0 spiro atoms. The average molecular weight is 478 g/mol. The number of nitro benzene ring substituents is 1. The predicted molar refractivity (Wildman–Crippen MR) is 117 cm³/mol. The van der Waals surface area contributed by atoms with Gasteiger partial charge in [-0.2, -0.15) is 0 Å². The maximum Gasteiger partial charge on any atom is 0.273 e. The zero-order valence-corrected chi connectivity index (χ0v) is 18.2. The first-order valence-electron chi connectivity index (χ1n) is 9.14. The summed E-state index contributed by atoms with van der Waals surface area (Å²) in [4.78, 5) is 28.6. The zero-order valence-electron chi connectivity index (χ0n) is 15.8. The summed E-state index contributed by atoms with van der Waals surface area (Å²) in [6.45, 7) is 3.56. The van der Waals surface area contributed by atoms with Gasteiger partial charge >= 0.3 is 0 Å². The summed E-state index contributed by atoms with van der Waals surface area (Å²) in [7, 11) is 0. The summed E-state index contributed by atoms with van der Waals surface area (Å²) in [5.74, 6) is 0.344. The number of halogens is 1. The number of fused-ring (bicyclic) bond motifs is 1. The van der Waals surface area contributed by atoms with Crippen LogP contribution in [0.2, 0.25) is 0 Å². The number of rotatable bonds is 9. The van der Waals surface area contributed by atoms with E-state index in [4.69, 9.17) is 4.74 Å². The Labute approximate surface area is 180 Å². The molecule has 1 heterocycles. The molecule has 152 valence electrons. The van der Waals surface area contributed by atoms with Crippen LogP contribution in [0.1, 0.15) is 18.9 Å². The summed E-state index contributed by atoms with van der Waals surface area (Å²) < 4.78 is 7.83. The molecule has 0 unspecified atom stereocenters. The van der Waals surface area contributed by atoms with Gasteiger partial charge in [-0.25, -0.2) is 4.98 Å². The lowest BCUT2D eigenvalue weighted by atomic mass is 10.2. The maximum atomic E-state index is 13.1. The molecule has 29 heavy (non-hydrogen) atoms. The predicted octanol–water partition coefficient (Wildman–Crippen LogP) is 4.79. The highest BCUT2D eigenvalue weighted by Gasteiger charge is 2.16. The van der Waals surface area contributed by atoms with Gasteiger partial charge in [-0.15, -0.1) is 0 Å². The van der Waals surface area contributed by atoms with Gasteiger partial charge in [0.05, 0.1) is 15.8 Å². The summed E-state index contributed by atoms with van der Waals surface area (Å²) in [6, 6.07) is 12.0. The van der Waals surface area contributed by atoms with E-state index in [1.165, 1.54) is 17.8 Å². The smallest absolute Gasteiger partial charge is 0.273 e. The number of thioether (sulfide) groups is 1. The Morgan fingerprint density at radius 2 is 2.07 bits per heavy atom. The van der Waals surface area contributed by atoms with Gasteiger partial charge in [0, 0.05) is 41.6 Å². The van der Waals surface area contributed by atoms with Crippen LogP contribution in [-0.4, -0.2) is 27.7 Å². The number of nitrogens with zero attached hydrogens (tertiary/aromatic N) is 3. The number of hydrogen-bond donors (Lipinski definition) is 0. The van der Waals surface area contributed by atoms with E-state index >= 15 is 0 Å². The fourth-order valence-electron chi connectivity index (χ4n) is 2.90. The van der Waals surface area contributed by atoms with Crippen LogP contribution in [0.5, 0.6) is 0 Å². The second-order valence-electron chi connectivity index (χ2n) is 6.24. The molecule has 9 heteroatoms. The van der Waals surface area contributed by atoms with Crippen molar-refractivity contribution >= 4 is 44.3 Å². The van der Waals surface area contributed by atoms with Crippen molar-refractivity contribution in [3.8, 4) is 0 Å². The topological polar surface area (TPSA) is 87.3 Å². The molecule has 3 aromatic rings. The molecule has 0 saturated heterocycles. The quantitative estimate of drug-likeness (QED) is 0.145. The van der Waals surface area contributed by atoms with E-state index in [0.717, 1.165) is 4.47 Å². The van der Waals surface area contributed by atoms with Gasteiger partial charge in [0.15, 0.2) is 5.16 Å². The van der Waals surface area contributed by atoms with E-state index < -0.39 is 4.92 Å². The van der Waals surface area contributed by atoms with Gasteiger partial charge in [-0.1, -0.05) is 45.9 Å². The van der Waals surface area contributed by atoms with Crippen molar-refractivity contribution in [2.75, 3.05) is 13.2 Å². The Morgan fingerprint density at radius 1 is 1.28 bits per heavy atom. The second kappa shape index (κ2) is 10.00.